The largest absolute Gasteiger partial charge is 0.493 e. The van der Waals surface area contributed by atoms with Crippen LogP contribution >= 0.6 is 11.6 Å². The Morgan fingerprint density at radius 1 is 1.21 bits per heavy atom. The predicted octanol–water partition coefficient (Wildman–Crippen LogP) is 3.64. The molecule has 29 heavy (non-hydrogen) atoms. The van der Waals surface area contributed by atoms with Crippen molar-refractivity contribution >= 4 is 35.5 Å². The number of ether oxygens (including phenoxy) is 4. The average molecular weight is 416 g/mol. The molecule has 0 radical (unpaired) electrons. The van der Waals surface area contributed by atoms with Crippen LogP contribution in [0, 0.1) is 0 Å². The highest BCUT2D eigenvalue weighted by atomic mass is 35.5. The van der Waals surface area contributed by atoms with Crippen LogP contribution in [0.3, 0.4) is 0 Å². The van der Waals surface area contributed by atoms with Crippen LogP contribution in [0.5, 0.6) is 11.5 Å². The SMILES string of the molecule is CCOC(=O)COc1ccc(/C=C2\N=C(c3ccccc3Cl)OC2=O)cc1OC. The van der Waals surface area contributed by atoms with E-state index < -0.39 is 11.9 Å². The Morgan fingerprint density at radius 2 is 2.00 bits per heavy atom. The van der Waals surface area contributed by atoms with Crippen LogP contribution in [0.2, 0.25) is 5.02 Å². The Balaban J connectivity index is 1.81. The number of cyclic esters (lactones) is 1. The molecule has 0 saturated heterocycles. The number of carbonyl (C=O) groups excluding carboxylic acids is 2. The van der Waals surface area contributed by atoms with Gasteiger partial charge in [-0.1, -0.05) is 29.8 Å². The second-order valence-corrected chi connectivity index (χ2v) is 6.23. The molecule has 0 aliphatic carbocycles. The van der Waals surface area contributed by atoms with E-state index in [4.69, 9.17) is 30.5 Å². The Morgan fingerprint density at radius 3 is 2.72 bits per heavy atom. The maximum absolute atomic E-state index is 12.2. The fraction of sp³-hybridized carbons (Fsp3) is 0.190. The molecule has 0 N–H and O–H groups in total. The number of rotatable bonds is 7. The van der Waals surface area contributed by atoms with Crippen molar-refractivity contribution in [1.82, 2.24) is 0 Å². The lowest BCUT2D eigenvalue weighted by molar-refractivity contribution is -0.145. The van der Waals surface area contributed by atoms with Crippen LogP contribution in [-0.4, -0.2) is 38.2 Å². The highest BCUT2D eigenvalue weighted by molar-refractivity contribution is 6.34. The van der Waals surface area contributed by atoms with Gasteiger partial charge < -0.3 is 18.9 Å². The summed E-state index contributed by atoms with van der Waals surface area (Å²) < 4.78 is 20.8. The number of nitrogens with zero attached hydrogens (tertiary/aromatic N) is 1. The first kappa shape index (κ1) is 20.4. The summed E-state index contributed by atoms with van der Waals surface area (Å²) in [7, 11) is 1.47. The number of methoxy groups -OCH3 is 1. The zero-order valence-electron chi connectivity index (χ0n) is 15.8. The minimum atomic E-state index is -0.582. The normalized spacial score (nSPS) is 14.4. The molecule has 0 fully saturated rings. The highest BCUT2D eigenvalue weighted by Crippen LogP contribution is 2.30. The van der Waals surface area contributed by atoms with Crippen LogP contribution in [0.1, 0.15) is 18.1 Å². The minimum Gasteiger partial charge on any atom is -0.493 e. The molecule has 1 aliphatic rings. The second-order valence-electron chi connectivity index (χ2n) is 5.82. The van der Waals surface area contributed by atoms with Gasteiger partial charge in [-0.25, -0.2) is 14.6 Å². The quantitative estimate of drug-likeness (QED) is 0.507. The number of hydrogen-bond acceptors (Lipinski definition) is 7. The molecule has 0 atom stereocenters. The van der Waals surface area contributed by atoms with Gasteiger partial charge >= 0.3 is 11.9 Å². The number of benzene rings is 2. The molecule has 7 nitrogen and oxygen atoms in total. The lowest BCUT2D eigenvalue weighted by Crippen LogP contribution is -2.14. The molecule has 0 bridgehead atoms. The van der Waals surface area contributed by atoms with E-state index in [1.165, 1.54) is 7.11 Å². The molecule has 1 heterocycles. The van der Waals surface area contributed by atoms with Crippen molar-refractivity contribution in [2.75, 3.05) is 20.3 Å². The van der Waals surface area contributed by atoms with E-state index in [0.717, 1.165) is 0 Å². The number of aliphatic imine (C=N–C) groups is 1. The highest BCUT2D eigenvalue weighted by Gasteiger charge is 2.25. The Labute approximate surface area is 172 Å². The van der Waals surface area contributed by atoms with Gasteiger partial charge in [0.2, 0.25) is 5.90 Å². The Kier molecular flexibility index (Phi) is 6.51. The first-order valence-electron chi connectivity index (χ1n) is 8.75. The molecule has 0 amide bonds. The van der Waals surface area contributed by atoms with Crippen molar-refractivity contribution in [2.24, 2.45) is 4.99 Å². The summed E-state index contributed by atoms with van der Waals surface area (Å²) in [5, 5.41) is 0.435. The van der Waals surface area contributed by atoms with Crippen LogP contribution in [-0.2, 0) is 19.1 Å². The molecular weight excluding hydrogens is 398 g/mol. The zero-order valence-corrected chi connectivity index (χ0v) is 16.6. The number of halogens is 1. The van der Waals surface area contributed by atoms with Gasteiger partial charge in [-0.3, -0.25) is 0 Å². The lowest BCUT2D eigenvalue weighted by atomic mass is 10.1. The lowest BCUT2D eigenvalue weighted by Gasteiger charge is -2.10. The summed E-state index contributed by atoms with van der Waals surface area (Å²) in [6.45, 7) is 1.76. The monoisotopic (exact) mass is 415 g/mol. The van der Waals surface area contributed by atoms with E-state index in [9.17, 15) is 9.59 Å². The first-order chi connectivity index (χ1) is 14.0. The third kappa shape index (κ3) is 4.94. The maximum Gasteiger partial charge on any atom is 0.363 e. The van der Waals surface area contributed by atoms with Crippen molar-refractivity contribution in [3.05, 3.63) is 64.3 Å². The third-order valence-electron chi connectivity index (χ3n) is 3.87. The molecule has 0 unspecified atom stereocenters. The van der Waals surface area contributed by atoms with Gasteiger partial charge in [-0.2, -0.15) is 0 Å². The molecule has 8 heteroatoms. The molecule has 1 aliphatic heterocycles. The van der Waals surface area contributed by atoms with Crippen molar-refractivity contribution in [1.29, 1.82) is 0 Å². The summed E-state index contributed by atoms with van der Waals surface area (Å²) in [5.74, 6) is -0.145. The van der Waals surface area contributed by atoms with E-state index in [2.05, 4.69) is 4.99 Å². The summed E-state index contributed by atoms with van der Waals surface area (Å²) >= 11 is 6.13. The summed E-state index contributed by atoms with van der Waals surface area (Å²) in [4.78, 5) is 27.9. The standard InChI is InChI=1S/C21H18ClNO6/c1-3-27-19(24)12-28-17-9-8-13(11-18(17)26-2)10-16-21(25)29-20(23-16)14-6-4-5-7-15(14)22/h4-11H,3,12H2,1-2H3/b16-10-. The maximum atomic E-state index is 12.2. The van der Waals surface area contributed by atoms with Gasteiger partial charge in [0.15, 0.2) is 23.8 Å². The van der Waals surface area contributed by atoms with Crippen LogP contribution in [0.25, 0.3) is 6.08 Å². The van der Waals surface area contributed by atoms with Gasteiger partial charge in [0.1, 0.15) is 0 Å². The van der Waals surface area contributed by atoms with E-state index in [-0.39, 0.29) is 24.8 Å². The van der Waals surface area contributed by atoms with Gasteiger partial charge in [-0.05, 0) is 42.8 Å². The molecule has 0 saturated carbocycles. The van der Waals surface area contributed by atoms with E-state index in [1.54, 1.807) is 55.5 Å². The average Bonchev–Trinajstić information content (AvgIpc) is 3.07. The molecule has 150 valence electrons. The van der Waals surface area contributed by atoms with Gasteiger partial charge in [0, 0.05) is 0 Å². The number of carbonyl (C=O) groups is 2. The van der Waals surface area contributed by atoms with Crippen LogP contribution in [0.4, 0.5) is 0 Å². The van der Waals surface area contributed by atoms with E-state index in [1.807, 2.05) is 0 Å². The van der Waals surface area contributed by atoms with Crippen LogP contribution in [0.15, 0.2) is 53.2 Å². The first-order valence-corrected chi connectivity index (χ1v) is 9.13. The molecule has 0 aromatic heterocycles. The number of hydrogen-bond donors (Lipinski definition) is 0. The summed E-state index contributed by atoms with van der Waals surface area (Å²) in [6.07, 6.45) is 1.56. The van der Waals surface area contributed by atoms with Crippen molar-refractivity contribution in [3.8, 4) is 11.5 Å². The summed E-state index contributed by atoms with van der Waals surface area (Å²) in [5.41, 5.74) is 1.30. The van der Waals surface area contributed by atoms with Crippen LogP contribution < -0.4 is 9.47 Å². The minimum absolute atomic E-state index is 0.127. The predicted molar refractivity (Wildman–Crippen MR) is 107 cm³/mol. The van der Waals surface area contributed by atoms with Crippen molar-refractivity contribution in [3.63, 3.8) is 0 Å². The fourth-order valence-corrected chi connectivity index (χ4v) is 2.77. The molecule has 2 aromatic carbocycles. The van der Waals surface area contributed by atoms with Gasteiger partial charge in [0.25, 0.3) is 0 Å². The third-order valence-corrected chi connectivity index (χ3v) is 4.20. The zero-order chi connectivity index (χ0) is 20.8. The van der Waals surface area contributed by atoms with Gasteiger partial charge in [-0.15, -0.1) is 0 Å². The van der Waals surface area contributed by atoms with E-state index in [0.29, 0.717) is 27.6 Å². The topological polar surface area (TPSA) is 83.4 Å². The fourth-order valence-electron chi connectivity index (χ4n) is 2.55. The molecule has 0 spiro atoms. The number of esters is 2. The van der Waals surface area contributed by atoms with Gasteiger partial charge in [0.05, 0.1) is 24.3 Å². The second kappa shape index (κ2) is 9.25. The van der Waals surface area contributed by atoms with Crippen molar-refractivity contribution in [2.45, 2.75) is 6.92 Å². The Hall–Kier alpha value is -3.32. The summed E-state index contributed by atoms with van der Waals surface area (Å²) in [6, 6.07) is 11.9. The smallest absolute Gasteiger partial charge is 0.363 e. The van der Waals surface area contributed by atoms with Crippen molar-refractivity contribution < 1.29 is 28.5 Å². The molecular formula is C21H18ClNO6. The van der Waals surface area contributed by atoms with E-state index >= 15 is 0 Å². The Bertz CT molecular complexity index is 998. The molecule has 3 rings (SSSR count). The molecule has 2 aromatic rings.